The van der Waals surface area contributed by atoms with Crippen molar-refractivity contribution in [2.24, 2.45) is 0 Å². The molecule has 3 rings (SSSR count). The highest BCUT2D eigenvalue weighted by atomic mass is 15.0. The number of nitrogens with one attached hydrogen (secondary N) is 2. The summed E-state index contributed by atoms with van der Waals surface area (Å²) in [6.45, 7) is 3.71. The number of imidazole rings is 1. The minimum Gasteiger partial charge on any atom is -0.341 e. The Balaban J connectivity index is 1.61. The number of rotatable bonds is 4. The van der Waals surface area contributed by atoms with E-state index in [2.05, 4.69) is 46.5 Å². The quantitative estimate of drug-likeness (QED) is 0.747. The van der Waals surface area contributed by atoms with E-state index in [9.17, 15) is 0 Å². The number of hydrogen-bond acceptors (Lipinski definition) is 2. The molecule has 0 fully saturated rings. The highest BCUT2D eigenvalue weighted by molar-refractivity contribution is 5.74. The van der Waals surface area contributed by atoms with Crippen LogP contribution in [0.2, 0.25) is 0 Å². The van der Waals surface area contributed by atoms with Gasteiger partial charge in [0.2, 0.25) is 0 Å². The van der Waals surface area contributed by atoms with Crippen LogP contribution in [0.1, 0.15) is 17.0 Å². The molecule has 1 aromatic heterocycles. The second-order valence-corrected chi connectivity index (χ2v) is 4.79. The van der Waals surface area contributed by atoms with Crippen LogP contribution in [0, 0.1) is 6.92 Å². The Morgan fingerprint density at radius 3 is 2.58 bits per heavy atom. The van der Waals surface area contributed by atoms with E-state index in [4.69, 9.17) is 0 Å². The fraction of sp³-hybridized carbons (Fsp3) is 0.188. The molecule has 0 unspecified atom stereocenters. The van der Waals surface area contributed by atoms with Crippen molar-refractivity contribution in [3.8, 4) is 0 Å². The Morgan fingerprint density at radius 2 is 1.79 bits per heavy atom. The number of aryl methyl sites for hydroxylation is 1. The molecule has 2 N–H and O–H groups in total. The number of H-pyrrole nitrogens is 1. The van der Waals surface area contributed by atoms with E-state index < -0.39 is 0 Å². The number of hydrogen-bond donors (Lipinski definition) is 2. The van der Waals surface area contributed by atoms with Crippen molar-refractivity contribution < 1.29 is 0 Å². The van der Waals surface area contributed by atoms with Gasteiger partial charge >= 0.3 is 0 Å². The lowest BCUT2D eigenvalue weighted by Crippen LogP contribution is -2.13. The molecule has 0 bridgehead atoms. The minimum absolute atomic E-state index is 0.753. The van der Waals surface area contributed by atoms with Crippen LogP contribution < -0.4 is 5.32 Å². The van der Waals surface area contributed by atoms with Crippen LogP contribution >= 0.6 is 0 Å². The summed E-state index contributed by atoms with van der Waals surface area (Å²) >= 11 is 0. The largest absolute Gasteiger partial charge is 0.341 e. The Morgan fingerprint density at radius 1 is 1.00 bits per heavy atom. The molecule has 0 atom stereocenters. The summed E-state index contributed by atoms with van der Waals surface area (Å²) in [6, 6.07) is 16.7. The van der Waals surface area contributed by atoms with Gasteiger partial charge in [0.25, 0.3) is 0 Å². The first kappa shape index (κ1) is 11.9. The van der Waals surface area contributed by atoms with Crippen molar-refractivity contribution in [3.05, 3.63) is 65.5 Å². The first-order valence-electron chi connectivity index (χ1n) is 6.51. The summed E-state index contributed by atoms with van der Waals surface area (Å²) < 4.78 is 0. The molecule has 0 spiro atoms. The minimum atomic E-state index is 0.753. The molecule has 0 amide bonds. The highest BCUT2D eigenvalue weighted by Crippen LogP contribution is 2.10. The van der Waals surface area contributed by atoms with Crippen LogP contribution in [0.25, 0.3) is 11.0 Å². The molecule has 3 heteroatoms. The normalized spacial score (nSPS) is 11.0. The molecule has 3 aromatic rings. The van der Waals surface area contributed by atoms with Crippen LogP contribution in [0.5, 0.6) is 0 Å². The number of fused-ring (bicyclic) bond motifs is 1. The van der Waals surface area contributed by atoms with Crippen LogP contribution in [0.15, 0.2) is 48.5 Å². The molecule has 0 aliphatic carbocycles. The van der Waals surface area contributed by atoms with Crippen LogP contribution in [0.3, 0.4) is 0 Å². The number of aromatic nitrogens is 2. The predicted octanol–water partition coefficient (Wildman–Crippen LogP) is 3.16. The zero-order valence-electron chi connectivity index (χ0n) is 11.0. The van der Waals surface area contributed by atoms with Crippen LogP contribution in [0.4, 0.5) is 0 Å². The third kappa shape index (κ3) is 2.83. The first-order valence-corrected chi connectivity index (χ1v) is 6.51. The second-order valence-electron chi connectivity index (χ2n) is 4.79. The van der Waals surface area contributed by atoms with Crippen LogP contribution in [-0.2, 0) is 13.1 Å². The monoisotopic (exact) mass is 251 g/mol. The Kier molecular flexibility index (Phi) is 3.29. The summed E-state index contributed by atoms with van der Waals surface area (Å²) in [7, 11) is 0. The smallest absolute Gasteiger partial charge is 0.121 e. The van der Waals surface area contributed by atoms with E-state index in [1.54, 1.807) is 0 Å². The van der Waals surface area contributed by atoms with Gasteiger partial charge in [-0.1, -0.05) is 42.0 Å². The molecule has 96 valence electrons. The third-order valence-corrected chi connectivity index (χ3v) is 3.18. The lowest BCUT2D eigenvalue weighted by atomic mass is 10.1. The molecule has 3 nitrogen and oxygen atoms in total. The van der Waals surface area contributed by atoms with Crippen molar-refractivity contribution >= 4 is 11.0 Å². The second kappa shape index (κ2) is 5.24. The molecular formula is C16H17N3. The maximum absolute atomic E-state index is 4.54. The van der Waals surface area contributed by atoms with Gasteiger partial charge < -0.3 is 10.3 Å². The average Bonchev–Trinajstić information content (AvgIpc) is 2.83. The summed E-state index contributed by atoms with van der Waals surface area (Å²) in [5.41, 5.74) is 4.70. The molecule has 0 saturated heterocycles. The Bertz CT molecular complexity index is 635. The molecule has 1 heterocycles. The molecular weight excluding hydrogens is 234 g/mol. The molecule has 0 saturated carbocycles. The standard InChI is InChI=1S/C16H17N3/c1-12-6-8-13(9-7-12)10-17-11-16-18-14-4-2-3-5-15(14)19-16/h2-9,17H,10-11H2,1H3,(H,18,19). The summed E-state index contributed by atoms with van der Waals surface area (Å²) in [5, 5.41) is 3.40. The van der Waals surface area contributed by atoms with E-state index in [0.29, 0.717) is 0 Å². The van der Waals surface area contributed by atoms with Gasteiger partial charge in [0.05, 0.1) is 17.6 Å². The first-order chi connectivity index (χ1) is 9.31. The van der Waals surface area contributed by atoms with Crippen molar-refractivity contribution in [1.82, 2.24) is 15.3 Å². The van der Waals surface area contributed by atoms with E-state index in [1.165, 1.54) is 11.1 Å². The molecule has 2 aromatic carbocycles. The molecule has 0 radical (unpaired) electrons. The number of benzene rings is 2. The number of aromatic amines is 1. The molecule has 19 heavy (non-hydrogen) atoms. The van der Waals surface area contributed by atoms with Gasteiger partial charge in [-0.3, -0.25) is 0 Å². The zero-order chi connectivity index (χ0) is 13.1. The Hall–Kier alpha value is -2.13. The van der Waals surface area contributed by atoms with Crippen LogP contribution in [-0.4, -0.2) is 9.97 Å². The zero-order valence-corrected chi connectivity index (χ0v) is 11.0. The molecule has 0 aliphatic rings. The number of para-hydroxylation sites is 2. The maximum atomic E-state index is 4.54. The summed E-state index contributed by atoms with van der Waals surface area (Å²) in [6.07, 6.45) is 0. The van der Waals surface area contributed by atoms with Gasteiger partial charge in [-0.05, 0) is 24.6 Å². The van der Waals surface area contributed by atoms with Gasteiger partial charge in [-0.25, -0.2) is 4.98 Å². The topological polar surface area (TPSA) is 40.7 Å². The van der Waals surface area contributed by atoms with Crippen molar-refractivity contribution in [2.75, 3.05) is 0 Å². The van der Waals surface area contributed by atoms with E-state index in [0.717, 1.165) is 29.9 Å². The number of nitrogens with zero attached hydrogens (tertiary/aromatic N) is 1. The lowest BCUT2D eigenvalue weighted by molar-refractivity contribution is 0.670. The third-order valence-electron chi connectivity index (χ3n) is 3.18. The van der Waals surface area contributed by atoms with Gasteiger partial charge in [0.1, 0.15) is 5.82 Å². The summed E-state index contributed by atoms with van der Waals surface area (Å²) in [4.78, 5) is 7.86. The fourth-order valence-corrected chi connectivity index (χ4v) is 2.12. The highest BCUT2D eigenvalue weighted by Gasteiger charge is 2.01. The van der Waals surface area contributed by atoms with Gasteiger partial charge in [-0.15, -0.1) is 0 Å². The summed E-state index contributed by atoms with van der Waals surface area (Å²) in [5.74, 6) is 0.980. The van der Waals surface area contributed by atoms with Gasteiger partial charge in [0.15, 0.2) is 0 Å². The van der Waals surface area contributed by atoms with Crippen molar-refractivity contribution in [3.63, 3.8) is 0 Å². The van der Waals surface area contributed by atoms with Crippen molar-refractivity contribution in [1.29, 1.82) is 0 Å². The van der Waals surface area contributed by atoms with E-state index in [1.807, 2.05) is 24.3 Å². The predicted molar refractivity (Wildman–Crippen MR) is 77.8 cm³/mol. The Labute approximate surface area is 112 Å². The SMILES string of the molecule is Cc1ccc(CNCc2nc3ccccc3[nH]2)cc1. The maximum Gasteiger partial charge on any atom is 0.121 e. The van der Waals surface area contributed by atoms with Crippen molar-refractivity contribution in [2.45, 2.75) is 20.0 Å². The van der Waals surface area contributed by atoms with E-state index >= 15 is 0 Å². The van der Waals surface area contributed by atoms with Gasteiger partial charge in [0, 0.05) is 6.54 Å². The fourth-order valence-electron chi connectivity index (χ4n) is 2.12. The van der Waals surface area contributed by atoms with E-state index in [-0.39, 0.29) is 0 Å². The average molecular weight is 251 g/mol. The lowest BCUT2D eigenvalue weighted by Gasteiger charge is -2.03. The molecule has 0 aliphatic heterocycles. The van der Waals surface area contributed by atoms with Gasteiger partial charge in [-0.2, -0.15) is 0 Å².